The van der Waals surface area contributed by atoms with E-state index in [2.05, 4.69) is 4.98 Å². The van der Waals surface area contributed by atoms with Gasteiger partial charge in [-0.2, -0.15) is 11.8 Å². The van der Waals surface area contributed by atoms with Crippen molar-refractivity contribution in [3.8, 4) is 0 Å². The zero-order valence-corrected chi connectivity index (χ0v) is 11.1. The quantitative estimate of drug-likeness (QED) is 0.854. The van der Waals surface area contributed by atoms with Gasteiger partial charge in [-0.25, -0.2) is 4.98 Å². The third-order valence-corrected chi connectivity index (χ3v) is 4.52. The maximum atomic E-state index is 12.0. The average Bonchev–Trinajstić information content (AvgIpc) is 2.82. The number of aromatic nitrogens is 1. The topological polar surface area (TPSA) is 56.0 Å². The van der Waals surface area contributed by atoms with Crippen molar-refractivity contribution in [1.82, 2.24) is 4.98 Å². The minimum Gasteiger partial charge on any atom is -0.383 e. The van der Waals surface area contributed by atoms with Gasteiger partial charge in [0.05, 0.1) is 16.3 Å². The Morgan fingerprint density at radius 1 is 1.53 bits per heavy atom. The van der Waals surface area contributed by atoms with Gasteiger partial charge in [0.1, 0.15) is 5.82 Å². The fraction of sp³-hybridized carbons (Fsp3) is 0.500. The lowest BCUT2D eigenvalue weighted by Gasteiger charge is -2.08. The van der Waals surface area contributed by atoms with E-state index in [0.29, 0.717) is 21.6 Å². The van der Waals surface area contributed by atoms with Crippen LogP contribution in [0.2, 0.25) is 5.02 Å². The molecule has 0 bridgehead atoms. The molecule has 1 aliphatic carbocycles. The summed E-state index contributed by atoms with van der Waals surface area (Å²) in [7, 11) is 0. The van der Waals surface area contributed by atoms with Crippen LogP contribution in [0.1, 0.15) is 36.0 Å². The average molecular weight is 271 g/mol. The van der Waals surface area contributed by atoms with Crippen molar-refractivity contribution < 1.29 is 4.79 Å². The first-order valence-corrected chi connectivity index (χ1v) is 7.15. The van der Waals surface area contributed by atoms with Crippen molar-refractivity contribution in [1.29, 1.82) is 0 Å². The summed E-state index contributed by atoms with van der Waals surface area (Å²) < 4.78 is 0. The van der Waals surface area contributed by atoms with Crippen molar-refractivity contribution in [3.63, 3.8) is 0 Å². The third kappa shape index (κ3) is 3.36. The molecular formula is C12H15ClN2OS. The van der Waals surface area contributed by atoms with Gasteiger partial charge in [-0.05, 0) is 18.9 Å². The Hall–Kier alpha value is -0.740. The number of nitrogens with zero attached hydrogens (tertiary/aromatic N) is 1. The molecule has 0 aliphatic heterocycles. The molecule has 1 aliphatic rings. The maximum Gasteiger partial charge on any atom is 0.176 e. The molecule has 1 heterocycles. The second-order valence-corrected chi connectivity index (χ2v) is 5.95. The number of ketones is 1. The van der Waals surface area contributed by atoms with Gasteiger partial charge in [-0.15, -0.1) is 0 Å². The number of thioether (sulfide) groups is 1. The standard InChI is InChI=1S/C12H15ClN2OS/c13-8-5-10(12(14)15-6-8)11(16)7-17-9-3-1-2-4-9/h5-6,9H,1-4,7H2,(H2,14,15). The maximum absolute atomic E-state index is 12.0. The molecular weight excluding hydrogens is 256 g/mol. The van der Waals surface area contributed by atoms with Crippen LogP contribution >= 0.6 is 23.4 Å². The first kappa shape index (κ1) is 12.7. The second kappa shape index (κ2) is 5.74. The normalized spacial score (nSPS) is 16.3. The van der Waals surface area contributed by atoms with Crippen LogP contribution in [0.25, 0.3) is 0 Å². The molecule has 92 valence electrons. The number of hydrogen-bond donors (Lipinski definition) is 1. The zero-order chi connectivity index (χ0) is 12.3. The lowest BCUT2D eigenvalue weighted by molar-refractivity contribution is 0.102. The summed E-state index contributed by atoms with van der Waals surface area (Å²) in [6.07, 6.45) is 6.47. The number of pyridine rings is 1. The van der Waals surface area contributed by atoms with Gasteiger partial charge in [0.25, 0.3) is 0 Å². The summed E-state index contributed by atoms with van der Waals surface area (Å²) in [4.78, 5) is 15.9. The highest BCUT2D eigenvalue weighted by atomic mass is 35.5. The van der Waals surface area contributed by atoms with E-state index in [0.717, 1.165) is 0 Å². The molecule has 3 nitrogen and oxygen atoms in total. The molecule has 0 amide bonds. The van der Waals surface area contributed by atoms with Crippen LogP contribution in [-0.4, -0.2) is 21.8 Å². The zero-order valence-electron chi connectivity index (χ0n) is 9.49. The number of halogens is 1. The van der Waals surface area contributed by atoms with E-state index in [1.165, 1.54) is 31.9 Å². The smallest absolute Gasteiger partial charge is 0.176 e. The Kier molecular flexibility index (Phi) is 4.29. The van der Waals surface area contributed by atoms with Crippen molar-refractivity contribution in [2.45, 2.75) is 30.9 Å². The predicted octanol–water partition coefficient (Wildman–Crippen LogP) is 3.18. The lowest BCUT2D eigenvalue weighted by atomic mass is 10.2. The van der Waals surface area contributed by atoms with Crippen LogP contribution in [0.15, 0.2) is 12.3 Å². The largest absolute Gasteiger partial charge is 0.383 e. The highest BCUT2D eigenvalue weighted by Crippen LogP contribution is 2.30. The van der Waals surface area contributed by atoms with E-state index in [1.54, 1.807) is 17.8 Å². The summed E-state index contributed by atoms with van der Waals surface area (Å²) >= 11 is 7.54. The Morgan fingerprint density at radius 3 is 2.94 bits per heavy atom. The van der Waals surface area contributed by atoms with Gasteiger partial charge in [0.2, 0.25) is 0 Å². The number of anilines is 1. The summed E-state index contributed by atoms with van der Waals surface area (Å²) in [6.45, 7) is 0. The number of nitrogens with two attached hydrogens (primary N) is 1. The van der Waals surface area contributed by atoms with Gasteiger partial charge in [0.15, 0.2) is 5.78 Å². The molecule has 1 aromatic heterocycles. The molecule has 0 saturated heterocycles. The van der Waals surface area contributed by atoms with Crippen LogP contribution in [0, 0.1) is 0 Å². The SMILES string of the molecule is Nc1ncc(Cl)cc1C(=O)CSC1CCCC1. The van der Waals surface area contributed by atoms with Crippen molar-refractivity contribution >= 4 is 35.0 Å². The molecule has 2 rings (SSSR count). The first-order chi connectivity index (χ1) is 8.16. The molecule has 0 atom stereocenters. The van der Waals surface area contributed by atoms with Crippen LogP contribution in [-0.2, 0) is 0 Å². The van der Waals surface area contributed by atoms with Crippen molar-refractivity contribution in [3.05, 3.63) is 22.8 Å². The molecule has 1 fully saturated rings. The Bertz CT molecular complexity index is 419. The van der Waals surface area contributed by atoms with Crippen LogP contribution in [0.3, 0.4) is 0 Å². The highest BCUT2D eigenvalue weighted by molar-refractivity contribution is 8.00. The molecule has 0 aromatic carbocycles. The molecule has 5 heteroatoms. The molecule has 0 radical (unpaired) electrons. The number of Topliss-reactive ketones (excluding diaryl/α,β-unsaturated/α-hetero) is 1. The second-order valence-electron chi connectivity index (χ2n) is 4.23. The number of hydrogen-bond acceptors (Lipinski definition) is 4. The fourth-order valence-electron chi connectivity index (χ4n) is 2.00. The summed E-state index contributed by atoms with van der Waals surface area (Å²) in [6, 6.07) is 1.60. The highest BCUT2D eigenvalue weighted by Gasteiger charge is 2.18. The van der Waals surface area contributed by atoms with E-state index >= 15 is 0 Å². The third-order valence-electron chi connectivity index (χ3n) is 2.94. The Morgan fingerprint density at radius 2 is 2.24 bits per heavy atom. The minimum atomic E-state index is 0.0226. The van der Waals surface area contributed by atoms with E-state index < -0.39 is 0 Å². The van der Waals surface area contributed by atoms with Crippen LogP contribution < -0.4 is 5.73 Å². The number of carbonyl (C=O) groups is 1. The van der Waals surface area contributed by atoms with Gasteiger partial charge < -0.3 is 5.73 Å². The molecule has 1 aromatic rings. The van der Waals surface area contributed by atoms with E-state index in [1.807, 2.05) is 0 Å². The Balaban J connectivity index is 1.96. The summed E-state index contributed by atoms with van der Waals surface area (Å²) in [5.74, 6) is 0.762. The minimum absolute atomic E-state index is 0.0226. The molecule has 1 saturated carbocycles. The fourth-order valence-corrected chi connectivity index (χ4v) is 3.37. The van der Waals surface area contributed by atoms with Gasteiger partial charge in [-0.3, -0.25) is 4.79 Å². The van der Waals surface area contributed by atoms with Crippen LogP contribution in [0.4, 0.5) is 5.82 Å². The molecule has 0 spiro atoms. The molecule has 0 unspecified atom stereocenters. The number of nitrogen functional groups attached to an aromatic ring is 1. The number of carbonyl (C=O) groups excluding carboxylic acids is 1. The molecule has 17 heavy (non-hydrogen) atoms. The van der Waals surface area contributed by atoms with Crippen molar-refractivity contribution in [2.75, 3.05) is 11.5 Å². The first-order valence-electron chi connectivity index (χ1n) is 5.72. The van der Waals surface area contributed by atoms with Gasteiger partial charge in [-0.1, -0.05) is 24.4 Å². The predicted molar refractivity (Wildman–Crippen MR) is 72.7 cm³/mol. The van der Waals surface area contributed by atoms with E-state index in [9.17, 15) is 4.79 Å². The summed E-state index contributed by atoms with van der Waals surface area (Å²) in [5, 5.41) is 1.08. The number of rotatable bonds is 4. The van der Waals surface area contributed by atoms with E-state index in [-0.39, 0.29) is 11.6 Å². The van der Waals surface area contributed by atoms with Gasteiger partial charge in [0, 0.05) is 11.4 Å². The van der Waals surface area contributed by atoms with E-state index in [4.69, 9.17) is 17.3 Å². The molecule has 2 N–H and O–H groups in total. The van der Waals surface area contributed by atoms with Crippen LogP contribution in [0.5, 0.6) is 0 Å². The van der Waals surface area contributed by atoms with Gasteiger partial charge >= 0.3 is 0 Å². The Labute approximate surface area is 110 Å². The van der Waals surface area contributed by atoms with Crippen molar-refractivity contribution in [2.24, 2.45) is 0 Å². The lowest BCUT2D eigenvalue weighted by Crippen LogP contribution is -2.10. The summed E-state index contributed by atoms with van der Waals surface area (Å²) in [5.41, 5.74) is 6.12. The monoisotopic (exact) mass is 270 g/mol.